The van der Waals surface area contributed by atoms with Crippen LogP contribution in [0.5, 0.6) is 5.75 Å². The number of ether oxygens (including phenoxy) is 1. The molecule has 0 saturated carbocycles. The van der Waals surface area contributed by atoms with Gasteiger partial charge in [0.25, 0.3) is 0 Å². The van der Waals surface area contributed by atoms with Crippen LogP contribution in [-0.4, -0.2) is 30.9 Å². The molecule has 1 rings (SSSR count). The highest BCUT2D eigenvalue weighted by Crippen LogP contribution is 2.19. The van der Waals surface area contributed by atoms with Crippen molar-refractivity contribution in [3.05, 3.63) is 29.8 Å². The summed E-state index contributed by atoms with van der Waals surface area (Å²) >= 11 is 0. The molecule has 0 spiro atoms. The number of rotatable bonds is 6. The molecular formula is C14H21NO2. The van der Waals surface area contributed by atoms with Gasteiger partial charge < -0.3 is 4.74 Å². The number of likely N-dealkylation sites (N-methyl/N-ethyl adjacent to an activating group) is 1. The highest BCUT2D eigenvalue weighted by molar-refractivity contribution is 5.83. The zero-order chi connectivity index (χ0) is 12.8. The third-order valence-electron chi connectivity index (χ3n) is 3.09. The fourth-order valence-electron chi connectivity index (χ4n) is 1.78. The summed E-state index contributed by atoms with van der Waals surface area (Å²) < 4.78 is 5.30. The van der Waals surface area contributed by atoms with Crippen LogP contribution in [0.4, 0.5) is 0 Å². The normalized spacial score (nSPS) is 12.5. The highest BCUT2D eigenvalue weighted by atomic mass is 16.5. The zero-order valence-electron chi connectivity index (χ0n) is 11.1. The lowest BCUT2D eigenvalue weighted by molar-refractivity contribution is -0.123. The molecule has 0 aromatic heterocycles. The largest absolute Gasteiger partial charge is 0.496 e. The van der Waals surface area contributed by atoms with Crippen LogP contribution in [-0.2, 0) is 11.3 Å². The van der Waals surface area contributed by atoms with Gasteiger partial charge in [-0.25, -0.2) is 0 Å². The maximum Gasteiger partial charge on any atom is 0.149 e. The van der Waals surface area contributed by atoms with E-state index in [-0.39, 0.29) is 11.8 Å². The number of carbonyl (C=O) groups excluding carboxylic acids is 1. The van der Waals surface area contributed by atoms with Crippen molar-refractivity contribution in [3.63, 3.8) is 0 Å². The first-order chi connectivity index (χ1) is 8.10. The number of benzene rings is 1. The molecule has 0 radical (unpaired) electrons. The van der Waals surface area contributed by atoms with E-state index in [1.807, 2.05) is 50.1 Å². The van der Waals surface area contributed by atoms with E-state index >= 15 is 0 Å². The molecule has 3 nitrogen and oxygen atoms in total. The summed E-state index contributed by atoms with van der Waals surface area (Å²) in [6.07, 6.45) is 0.581. The van der Waals surface area contributed by atoms with E-state index in [0.29, 0.717) is 6.42 Å². The Kier molecular flexibility index (Phi) is 5.16. The molecule has 0 amide bonds. The number of hydrogen-bond acceptors (Lipinski definition) is 3. The molecule has 94 valence electrons. The molecule has 3 heteroatoms. The Balaban J connectivity index is 2.73. The quantitative estimate of drug-likeness (QED) is 0.758. The van der Waals surface area contributed by atoms with E-state index in [1.165, 1.54) is 0 Å². The van der Waals surface area contributed by atoms with Crippen LogP contribution in [0.1, 0.15) is 25.8 Å². The lowest BCUT2D eigenvalue weighted by atomic mass is 10.1. The van der Waals surface area contributed by atoms with Crippen molar-refractivity contribution in [2.75, 3.05) is 14.2 Å². The van der Waals surface area contributed by atoms with Crippen LogP contribution in [0.2, 0.25) is 0 Å². The Morgan fingerprint density at radius 2 is 2.06 bits per heavy atom. The van der Waals surface area contributed by atoms with E-state index in [4.69, 9.17) is 4.74 Å². The number of ketones is 1. The highest BCUT2D eigenvalue weighted by Gasteiger charge is 2.17. The second-order valence-corrected chi connectivity index (χ2v) is 4.22. The molecule has 1 unspecified atom stereocenters. The topological polar surface area (TPSA) is 29.5 Å². The molecule has 17 heavy (non-hydrogen) atoms. The smallest absolute Gasteiger partial charge is 0.149 e. The molecule has 1 atom stereocenters. The van der Waals surface area contributed by atoms with Crippen LogP contribution in [0.3, 0.4) is 0 Å². The van der Waals surface area contributed by atoms with Crippen molar-refractivity contribution in [2.45, 2.75) is 32.9 Å². The van der Waals surface area contributed by atoms with Gasteiger partial charge in [0.15, 0.2) is 0 Å². The monoisotopic (exact) mass is 235 g/mol. The fourth-order valence-corrected chi connectivity index (χ4v) is 1.78. The summed E-state index contributed by atoms with van der Waals surface area (Å²) in [6.45, 7) is 4.56. The van der Waals surface area contributed by atoms with E-state index in [1.54, 1.807) is 7.11 Å². The molecular weight excluding hydrogens is 214 g/mol. The number of Topliss-reactive ketones (excluding diaryl/α,β-unsaturated/α-hetero) is 1. The molecule has 0 aliphatic rings. The van der Waals surface area contributed by atoms with Crippen molar-refractivity contribution in [3.8, 4) is 5.75 Å². The molecule has 0 N–H and O–H groups in total. The fraction of sp³-hybridized carbons (Fsp3) is 0.500. The van der Waals surface area contributed by atoms with E-state index in [2.05, 4.69) is 0 Å². The van der Waals surface area contributed by atoms with Crippen molar-refractivity contribution in [1.82, 2.24) is 4.90 Å². The van der Waals surface area contributed by atoms with Gasteiger partial charge in [-0.15, -0.1) is 0 Å². The maximum absolute atomic E-state index is 11.6. The van der Waals surface area contributed by atoms with Crippen LogP contribution < -0.4 is 4.74 Å². The molecule has 0 fully saturated rings. The summed E-state index contributed by atoms with van der Waals surface area (Å²) in [5, 5.41) is 0. The SMILES string of the molecule is CCC(=O)C(C)N(C)Cc1ccccc1OC. The van der Waals surface area contributed by atoms with Crippen molar-refractivity contribution in [2.24, 2.45) is 0 Å². The Labute approximate surface area is 103 Å². The minimum atomic E-state index is -0.0510. The predicted octanol–water partition coefficient (Wildman–Crippen LogP) is 2.49. The Morgan fingerprint density at radius 1 is 1.41 bits per heavy atom. The first-order valence-electron chi connectivity index (χ1n) is 5.95. The summed E-state index contributed by atoms with van der Waals surface area (Å²) in [4.78, 5) is 13.7. The van der Waals surface area contributed by atoms with Crippen LogP contribution in [0.15, 0.2) is 24.3 Å². The van der Waals surface area contributed by atoms with Crippen molar-refractivity contribution >= 4 is 5.78 Å². The molecule has 0 heterocycles. The van der Waals surface area contributed by atoms with Gasteiger partial charge in [0, 0.05) is 18.5 Å². The average molecular weight is 235 g/mol. The van der Waals surface area contributed by atoms with E-state index in [9.17, 15) is 4.79 Å². The first-order valence-corrected chi connectivity index (χ1v) is 5.95. The Hall–Kier alpha value is -1.35. The summed E-state index contributed by atoms with van der Waals surface area (Å²) in [6, 6.07) is 7.85. The molecule has 0 bridgehead atoms. The van der Waals surface area contributed by atoms with Gasteiger partial charge in [-0.2, -0.15) is 0 Å². The maximum atomic E-state index is 11.6. The first kappa shape index (κ1) is 13.7. The summed E-state index contributed by atoms with van der Waals surface area (Å²) in [5.41, 5.74) is 1.10. The van der Waals surface area contributed by atoms with Gasteiger partial charge in [0.1, 0.15) is 11.5 Å². The second kappa shape index (κ2) is 6.40. The number of hydrogen-bond donors (Lipinski definition) is 0. The molecule has 1 aromatic carbocycles. The summed E-state index contributed by atoms with van der Waals surface area (Å²) in [5.74, 6) is 1.14. The minimum Gasteiger partial charge on any atom is -0.496 e. The lowest BCUT2D eigenvalue weighted by Gasteiger charge is -2.24. The number of carbonyl (C=O) groups is 1. The van der Waals surface area contributed by atoms with E-state index in [0.717, 1.165) is 17.9 Å². The average Bonchev–Trinajstić information content (AvgIpc) is 2.37. The lowest BCUT2D eigenvalue weighted by Crippen LogP contribution is -2.35. The van der Waals surface area contributed by atoms with Crippen LogP contribution in [0.25, 0.3) is 0 Å². The number of para-hydroxylation sites is 1. The standard InChI is InChI=1S/C14H21NO2/c1-5-13(16)11(2)15(3)10-12-8-6-7-9-14(12)17-4/h6-9,11H,5,10H2,1-4H3. The summed E-state index contributed by atoms with van der Waals surface area (Å²) in [7, 11) is 3.63. The van der Waals surface area contributed by atoms with E-state index < -0.39 is 0 Å². The molecule has 0 saturated heterocycles. The minimum absolute atomic E-state index is 0.0510. The zero-order valence-corrected chi connectivity index (χ0v) is 11.1. The predicted molar refractivity (Wildman–Crippen MR) is 69.2 cm³/mol. The number of nitrogens with zero attached hydrogens (tertiary/aromatic N) is 1. The van der Waals surface area contributed by atoms with Gasteiger partial charge in [0.2, 0.25) is 0 Å². The third-order valence-corrected chi connectivity index (χ3v) is 3.09. The van der Waals surface area contributed by atoms with Crippen LogP contribution >= 0.6 is 0 Å². The van der Waals surface area contributed by atoms with Gasteiger partial charge in [-0.05, 0) is 20.0 Å². The van der Waals surface area contributed by atoms with Gasteiger partial charge >= 0.3 is 0 Å². The van der Waals surface area contributed by atoms with Gasteiger partial charge in [0.05, 0.1) is 13.2 Å². The Morgan fingerprint density at radius 3 is 2.65 bits per heavy atom. The van der Waals surface area contributed by atoms with Gasteiger partial charge in [-0.3, -0.25) is 9.69 Å². The molecule has 0 aliphatic heterocycles. The number of methoxy groups -OCH3 is 1. The second-order valence-electron chi connectivity index (χ2n) is 4.22. The third kappa shape index (κ3) is 3.56. The molecule has 0 aliphatic carbocycles. The van der Waals surface area contributed by atoms with Crippen molar-refractivity contribution in [1.29, 1.82) is 0 Å². The Bertz CT molecular complexity index is 376. The van der Waals surface area contributed by atoms with Gasteiger partial charge in [-0.1, -0.05) is 25.1 Å². The molecule has 1 aromatic rings. The van der Waals surface area contributed by atoms with Crippen LogP contribution in [0, 0.1) is 0 Å². The van der Waals surface area contributed by atoms with Crippen molar-refractivity contribution < 1.29 is 9.53 Å².